The average molecular weight is 401 g/mol. The fourth-order valence-corrected chi connectivity index (χ4v) is 3.55. The molecule has 0 unspecified atom stereocenters. The molecule has 1 aromatic carbocycles. The van der Waals surface area contributed by atoms with E-state index in [1.807, 2.05) is 17.6 Å². The molecule has 0 saturated carbocycles. The van der Waals surface area contributed by atoms with E-state index in [1.165, 1.54) is 17.3 Å². The summed E-state index contributed by atoms with van der Waals surface area (Å²) in [5.41, 5.74) is 2.38. The lowest BCUT2D eigenvalue weighted by Crippen LogP contribution is -2.33. The number of allylic oxidation sites excluding steroid dienone is 1. The van der Waals surface area contributed by atoms with E-state index in [1.54, 1.807) is 0 Å². The summed E-state index contributed by atoms with van der Waals surface area (Å²) in [6, 6.07) is 8.43. The summed E-state index contributed by atoms with van der Waals surface area (Å²) >= 11 is 1.42. The number of rotatable bonds is 8. The van der Waals surface area contributed by atoms with Crippen LogP contribution in [-0.4, -0.2) is 32.5 Å². The lowest BCUT2D eigenvalue weighted by Gasteiger charge is -2.19. The summed E-state index contributed by atoms with van der Waals surface area (Å²) in [6.07, 6.45) is 1.82. The van der Waals surface area contributed by atoms with Crippen molar-refractivity contribution in [2.75, 3.05) is 6.54 Å². The summed E-state index contributed by atoms with van der Waals surface area (Å²) in [5, 5.41) is 12.2. The van der Waals surface area contributed by atoms with Crippen LogP contribution in [0.1, 0.15) is 47.1 Å². The zero-order valence-corrected chi connectivity index (χ0v) is 18.6. The molecule has 0 radical (unpaired) electrons. The molecule has 0 spiro atoms. The van der Waals surface area contributed by atoms with Gasteiger partial charge in [0.1, 0.15) is 0 Å². The Morgan fingerprint density at radius 1 is 1.21 bits per heavy atom. The van der Waals surface area contributed by atoms with Gasteiger partial charge in [-0.05, 0) is 23.8 Å². The van der Waals surface area contributed by atoms with Crippen molar-refractivity contribution in [2.24, 2.45) is 5.92 Å². The number of carbonyl (C=O) groups is 1. The quantitative estimate of drug-likeness (QED) is 0.516. The topological polar surface area (TPSA) is 59.8 Å². The number of hydrogen-bond donors (Lipinski definition) is 1. The third-order valence-electron chi connectivity index (χ3n) is 4.37. The SMILES string of the molecule is C=CCn1c(S[C@@H](C)C(=O)NCC(C)C)nnc1-c1ccc(C(C)(C)C)cc1. The molecule has 0 aliphatic heterocycles. The summed E-state index contributed by atoms with van der Waals surface area (Å²) in [6.45, 7) is 17.8. The van der Waals surface area contributed by atoms with Crippen molar-refractivity contribution < 1.29 is 4.79 Å². The predicted molar refractivity (Wildman–Crippen MR) is 118 cm³/mol. The van der Waals surface area contributed by atoms with Gasteiger partial charge in [0.2, 0.25) is 5.91 Å². The number of hydrogen-bond acceptors (Lipinski definition) is 4. The van der Waals surface area contributed by atoms with E-state index < -0.39 is 0 Å². The molecule has 1 atom stereocenters. The smallest absolute Gasteiger partial charge is 0.233 e. The Labute approximate surface area is 173 Å². The van der Waals surface area contributed by atoms with E-state index in [-0.39, 0.29) is 16.6 Å². The lowest BCUT2D eigenvalue weighted by molar-refractivity contribution is -0.120. The van der Waals surface area contributed by atoms with Gasteiger partial charge in [-0.1, -0.05) is 76.7 Å². The highest BCUT2D eigenvalue weighted by atomic mass is 32.2. The molecule has 5 nitrogen and oxygen atoms in total. The standard InChI is InChI=1S/C22H32N4OS/c1-8-13-26-19(17-9-11-18(12-10-17)22(5,6)7)24-25-21(26)28-16(4)20(27)23-14-15(2)3/h8-12,15-16H,1,13-14H2,2-7H3,(H,23,27)/t16-/m0/s1. The highest BCUT2D eigenvalue weighted by Gasteiger charge is 2.21. The molecular weight excluding hydrogens is 368 g/mol. The highest BCUT2D eigenvalue weighted by molar-refractivity contribution is 8.00. The van der Waals surface area contributed by atoms with Crippen LogP contribution in [0.3, 0.4) is 0 Å². The van der Waals surface area contributed by atoms with Crippen molar-refractivity contribution in [3.63, 3.8) is 0 Å². The van der Waals surface area contributed by atoms with Gasteiger partial charge in [0, 0.05) is 18.7 Å². The molecule has 2 rings (SSSR count). The van der Waals surface area contributed by atoms with Crippen molar-refractivity contribution in [1.29, 1.82) is 0 Å². The first-order chi connectivity index (χ1) is 13.1. The van der Waals surface area contributed by atoms with Crippen molar-refractivity contribution >= 4 is 17.7 Å². The van der Waals surface area contributed by atoms with Crippen LogP contribution in [0.25, 0.3) is 11.4 Å². The minimum absolute atomic E-state index is 0.0166. The Hall–Kier alpha value is -2.08. The van der Waals surface area contributed by atoms with E-state index in [0.29, 0.717) is 19.0 Å². The summed E-state index contributed by atoms with van der Waals surface area (Å²) in [5.74, 6) is 1.23. The first kappa shape index (κ1) is 22.2. The van der Waals surface area contributed by atoms with E-state index >= 15 is 0 Å². The Morgan fingerprint density at radius 3 is 2.39 bits per heavy atom. The summed E-state index contributed by atoms with van der Waals surface area (Å²) in [4.78, 5) is 12.3. The van der Waals surface area contributed by atoms with E-state index in [2.05, 4.69) is 81.0 Å². The fourth-order valence-electron chi connectivity index (χ4n) is 2.66. The molecule has 0 aliphatic rings. The second-order valence-corrected chi connectivity index (χ2v) is 9.74. The van der Waals surface area contributed by atoms with Crippen molar-refractivity contribution in [2.45, 2.75) is 63.9 Å². The normalized spacial score (nSPS) is 12.8. The molecule has 0 fully saturated rings. The Balaban J connectivity index is 2.23. The van der Waals surface area contributed by atoms with Crippen LogP contribution in [0.15, 0.2) is 42.1 Å². The van der Waals surface area contributed by atoms with Gasteiger partial charge < -0.3 is 5.32 Å². The second-order valence-electron chi connectivity index (χ2n) is 8.43. The van der Waals surface area contributed by atoms with Gasteiger partial charge in [-0.15, -0.1) is 16.8 Å². The van der Waals surface area contributed by atoms with E-state index in [0.717, 1.165) is 16.5 Å². The van der Waals surface area contributed by atoms with Gasteiger partial charge in [-0.25, -0.2) is 0 Å². The largest absolute Gasteiger partial charge is 0.355 e. The van der Waals surface area contributed by atoms with Gasteiger partial charge >= 0.3 is 0 Å². The van der Waals surface area contributed by atoms with Crippen molar-refractivity contribution in [3.8, 4) is 11.4 Å². The Morgan fingerprint density at radius 2 is 1.86 bits per heavy atom. The Kier molecular flexibility index (Phi) is 7.47. The molecule has 2 aromatic rings. The number of amides is 1. The van der Waals surface area contributed by atoms with Crippen LogP contribution >= 0.6 is 11.8 Å². The van der Waals surface area contributed by atoms with Crippen LogP contribution in [0.2, 0.25) is 0 Å². The molecule has 1 heterocycles. The molecule has 0 bridgehead atoms. The molecule has 1 N–H and O–H groups in total. The summed E-state index contributed by atoms with van der Waals surface area (Å²) in [7, 11) is 0. The number of nitrogens with zero attached hydrogens (tertiary/aromatic N) is 3. The molecule has 1 amide bonds. The zero-order valence-electron chi connectivity index (χ0n) is 17.8. The van der Waals surface area contributed by atoms with Crippen LogP contribution in [0.5, 0.6) is 0 Å². The number of aromatic nitrogens is 3. The van der Waals surface area contributed by atoms with Gasteiger partial charge in [-0.3, -0.25) is 9.36 Å². The maximum absolute atomic E-state index is 12.3. The van der Waals surface area contributed by atoms with Crippen molar-refractivity contribution in [3.05, 3.63) is 42.5 Å². The monoisotopic (exact) mass is 400 g/mol. The number of thioether (sulfide) groups is 1. The average Bonchev–Trinajstić information content (AvgIpc) is 3.01. The molecule has 0 aliphatic carbocycles. The first-order valence-electron chi connectivity index (χ1n) is 9.72. The minimum Gasteiger partial charge on any atom is -0.355 e. The minimum atomic E-state index is -0.248. The van der Waals surface area contributed by atoms with Gasteiger partial charge in [0.25, 0.3) is 0 Å². The zero-order chi connectivity index (χ0) is 20.9. The number of nitrogens with one attached hydrogen (secondary N) is 1. The van der Waals surface area contributed by atoms with Crippen LogP contribution in [0.4, 0.5) is 0 Å². The molecule has 152 valence electrons. The highest BCUT2D eigenvalue weighted by Crippen LogP contribution is 2.29. The van der Waals surface area contributed by atoms with Gasteiger partial charge in [-0.2, -0.15) is 0 Å². The van der Waals surface area contributed by atoms with Gasteiger partial charge in [0.15, 0.2) is 11.0 Å². The molecule has 0 saturated heterocycles. The maximum atomic E-state index is 12.3. The van der Waals surface area contributed by atoms with Crippen molar-refractivity contribution in [1.82, 2.24) is 20.1 Å². The number of benzene rings is 1. The fraction of sp³-hybridized carbons (Fsp3) is 0.500. The maximum Gasteiger partial charge on any atom is 0.233 e. The molecule has 6 heteroatoms. The molecular formula is C22H32N4OS. The first-order valence-corrected chi connectivity index (χ1v) is 10.6. The third kappa shape index (κ3) is 5.71. The second kappa shape index (κ2) is 9.41. The van der Waals surface area contributed by atoms with Crippen LogP contribution < -0.4 is 5.32 Å². The lowest BCUT2D eigenvalue weighted by atomic mass is 9.87. The van der Waals surface area contributed by atoms with E-state index in [4.69, 9.17) is 0 Å². The number of carbonyl (C=O) groups excluding carboxylic acids is 1. The van der Waals surface area contributed by atoms with Gasteiger partial charge in [0.05, 0.1) is 5.25 Å². The van der Waals surface area contributed by atoms with Crippen LogP contribution in [-0.2, 0) is 16.8 Å². The van der Waals surface area contributed by atoms with Crippen LogP contribution in [0, 0.1) is 5.92 Å². The predicted octanol–water partition coefficient (Wildman–Crippen LogP) is 4.68. The molecule has 1 aromatic heterocycles. The third-order valence-corrected chi connectivity index (χ3v) is 5.45. The molecule has 28 heavy (non-hydrogen) atoms. The van der Waals surface area contributed by atoms with E-state index in [9.17, 15) is 4.79 Å². The Bertz CT molecular complexity index is 803. The summed E-state index contributed by atoms with van der Waals surface area (Å²) < 4.78 is 2.01.